The summed E-state index contributed by atoms with van der Waals surface area (Å²) in [5, 5.41) is 103. The fraction of sp³-hybridized carbons (Fsp3) is 0.551. The van der Waals surface area contributed by atoms with Crippen LogP contribution in [0.1, 0.15) is 151 Å². The average molecular weight is 2100 g/mol. The molecule has 0 radical (unpaired) electrons. The molecule has 50 nitrogen and oxygen atoms in total. The van der Waals surface area contributed by atoms with Gasteiger partial charge in [0.15, 0.2) is 17.7 Å². The van der Waals surface area contributed by atoms with Crippen molar-refractivity contribution in [1.29, 1.82) is 10.8 Å². The summed E-state index contributed by atoms with van der Waals surface area (Å²) in [4.78, 5) is 279. The molecular formula is C98H143N25O25S. The zero-order valence-electron chi connectivity index (χ0n) is 84.3. The van der Waals surface area contributed by atoms with E-state index in [1.54, 1.807) is 12.1 Å². The molecule has 7 rings (SSSR count). The van der Waals surface area contributed by atoms with Gasteiger partial charge in [-0.1, -0.05) is 74.4 Å². The molecule has 51 heteroatoms. The van der Waals surface area contributed by atoms with Gasteiger partial charge in [0, 0.05) is 168 Å². The highest BCUT2D eigenvalue weighted by Crippen LogP contribution is 2.28. The van der Waals surface area contributed by atoms with Crippen molar-refractivity contribution in [2.45, 2.75) is 202 Å². The van der Waals surface area contributed by atoms with Gasteiger partial charge >= 0.3 is 23.9 Å². The van der Waals surface area contributed by atoms with Crippen LogP contribution in [0.4, 0.5) is 5.69 Å². The van der Waals surface area contributed by atoms with E-state index in [4.69, 9.17) is 28.0 Å². The molecule has 4 aromatic rings. The summed E-state index contributed by atoms with van der Waals surface area (Å²) in [6.45, 7) is 1.62. The molecular weight excluding hydrogens is 1960 g/mol. The summed E-state index contributed by atoms with van der Waals surface area (Å²) in [5.41, 5.74) is 18.6. The number of benzene rings is 4. The van der Waals surface area contributed by atoms with Crippen molar-refractivity contribution in [3.05, 3.63) is 108 Å². The Bertz CT molecular complexity index is 5280. The van der Waals surface area contributed by atoms with Gasteiger partial charge in [-0.2, -0.15) is 0 Å². The lowest BCUT2D eigenvalue weighted by Crippen LogP contribution is -2.57. The Morgan fingerprint density at radius 2 is 1.10 bits per heavy atom. The Labute approximate surface area is 866 Å². The molecule has 3 fully saturated rings. The van der Waals surface area contributed by atoms with E-state index in [0.717, 1.165) is 35.9 Å². The number of hydrogen-bond donors (Lipinski definition) is 24. The number of likely N-dealkylation sites (N-methyl/N-ethyl adjacent to an activating group) is 1. The van der Waals surface area contributed by atoms with Gasteiger partial charge in [-0.15, -0.1) is 11.8 Å². The van der Waals surface area contributed by atoms with Crippen LogP contribution in [0.25, 0.3) is 10.8 Å². The number of fused-ring (bicyclic) bond motifs is 1. The number of nitrogens with two attached hydrogens (primary N) is 3. The van der Waals surface area contributed by atoms with Gasteiger partial charge in [-0.05, 0) is 142 Å². The number of nitrogens with zero attached hydrogens (tertiary/aromatic N) is 6. The molecule has 0 bridgehead atoms. The molecule has 0 aromatic heterocycles. The normalized spacial score (nSPS) is 18.4. The predicted octanol–water partition coefficient (Wildman–Crippen LogP) is -3.52. The van der Waals surface area contributed by atoms with Crippen molar-refractivity contribution in [3.63, 3.8) is 0 Å². The second-order valence-electron chi connectivity index (χ2n) is 36.8. The number of ketones is 1. The third-order valence-corrected chi connectivity index (χ3v) is 26.4. The summed E-state index contributed by atoms with van der Waals surface area (Å²) in [6, 6.07) is 12.4. The largest absolute Gasteiger partial charge is 0.508 e. The van der Waals surface area contributed by atoms with E-state index in [2.05, 4.69) is 74.4 Å². The number of phenolic OH excluding ortho intramolecular Hbond substituents is 1. The number of hydrogen-bond acceptors (Lipinski definition) is 29. The molecule has 11 atom stereocenters. The standard InChI is InChI=1S/C98H143N25O25S/c1-5-6-38-123-82(130)52-78(95(123)146)149-47-33-70(111-60(3)124)92(143)117-74(54-108-79(127)32-31-76(96(147)148)122-45-43-120(57-84(133)134)41-39-119(56-83(131)132)40-42-121(44-46-122)58-85(135)136)90(141)105-34-11-7-8-20-80(128)114-73(53-99)93(144)115-69(18-13-37-107-98(102)103)91(142)110-59(2)86(137)112-67-27-25-64(26-28-67)87(138)104-35-14-19-75-77(126)51-66(17-12-36-106-97(100)101)88(139)116-71(50-62-21-24-63-15-9-10-16-65(63)48-62)89(140)109-55-81(129)113-72(94(145)118(75)4)49-61-22-29-68(125)30-23-61/h9-10,15-16,21-30,48,59,66,69-76,78,125H,5-8,11-14,17-20,31-47,49-58,99H2,1-4H3,(H,104,138)(H,105,141)(H,108,127)(H,109,140)(H,110,142)(H,111,124)(H,112,137)(H,113,129)(H,114,128)(H,115,144)(H,116,139)(H,117,143)(H,131,132)(H,133,134)(H,135,136)(H,147,148)(H4,100,101,106)(H4,102,103,107)/t59-,66?,69?,70-,71+,72-,73-,74-,75+,76+,78?/m1/s1. The van der Waals surface area contributed by atoms with Crippen molar-refractivity contribution in [2.24, 2.45) is 23.1 Å². The maximum Gasteiger partial charge on any atom is 0.320 e. The Morgan fingerprint density at radius 1 is 0.530 bits per heavy atom. The molecule has 0 aliphatic carbocycles. The number of aliphatic carboxylic acids is 4. The fourth-order valence-corrected chi connectivity index (χ4v) is 18.2. The zero-order chi connectivity index (χ0) is 109. The van der Waals surface area contributed by atoms with Crippen molar-refractivity contribution < 1.29 is 121 Å². The van der Waals surface area contributed by atoms with E-state index in [1.165, 1.54) is 79.8 Å². The Morgan fingerprint density at radius 3 is 1.71 bits per heavy atom. The first kappa shape index (κ1) is 121. The van der Waals surface area contributed by atoms with Crippen LogP contribution < -0.4 is 91.6 Å². The number of imide groups is 1. The SMILES string of the molecule is CCCCN1C(=O)CC(SCC[C@@H](NC(C)=O)C(=O)N[C@H](CNC(=O)CC[C@@H](C(=O)O)N2CCN(CC(=O)O)CCN(CC(=O)O)CCN(CC(=O)O)CC2)C(=O)NCCCCCC(=O)N[C@H](CN)C(=O)NC(CCCNC(=N)N)C(=O)N[C@H](C)C(=O)Nc2ccc(C(=O)NCCC[C@H]3C(=O)CC(CCCNC(=N)N)C(=O)N[C@@H](Cc4ccc5ccccc5c4)C(=O)NCC(=O)N[C@H](Cc4ccc(O)cc4)C(=O)N3C)cc2)C1=O. The summed E-state index contributed by atoms with van der Waals surface area (Å²) >= 11 is 1.11. The number of unbranched alkanes of at least 4 members (excludes halogenated alkanes) is 3. The number of carboxylic acid groups (broad SMARTS) is 4. The van der Waals surface area contributed by atoms with Gasteiger partial charge in [0.25, 0.3) is 5.91 Å². The number of carbonyl (C=O) groups excluding carboxylic acids is 16. The van der Waals surface area contributed by atoms with Gasteiger partial charge < -0.3 is 122 Å². The number of carboxylic acids is 4. The molecule has 0 saturated carbocycles. The third kappa shape index (κ3) is 43.4. The maximum atomic E-state index is 15.0. The first-order chi connectivity index (χ1) is 71.0. The first-order valence-electron chi connectivity index (χ1n) is 49.7. The van der Waals surface area contributed by atoms with Crippen LogP contribution in [-0.2, 0) is 104 Å². The highest BCUT2D eigenvalue weighted by molar-refractivity contribution is 8.00. The van der Waals surface area contributed by atoms with E-state index in [1.807, 2.05) is 49.4 Å². The monoisotopic (exact) mass is 2100 g/mol. The van der Waals surface area contributed by atoms with Crippen LogP contribution in [0.5, 0.6) is 5.75 Å². The van der Waals surface area contributed by atoms with Crippen LogP contribution in [0, 0.1) is 16.7 Å². The molecule has 0 spiro atoms. The minimum atomic E-state index is -1.57. The average Bonchev–Trinajstić information content (AvgIpc) is 1.81. The minimum Gasteiger partial charge on any atom is -0.508 e. The number of rotatable bonds is 55. The molecule has 15 amide bonds. The number of phenols is 1. The van der Waals surface area contributed by atoms with Gasteiger partial charge in [0.05, 0.1) is 37.5 Å². The van der Waals surface area contributed by atoms with Crippen LogP contribution in [-0.4, -0.2) is 382 Å². The first-order valence-corrected chi connectivity index (χ1v) is 50.8. The van der Waals surface area contributed by atoms with Crippen LogP contribution in [0.2, 0.25) is 0 Å². The van der Waals surface area contributed by atoms with Crippen molar-refractivity contribution in [3.8, 4) is 5.75 Å². The number of thioether (sulfide) groups is 1. The number of carbonyl (C=O) groups is 20. The lowest BCUT2D eigenvalue weighted by Gasteiger charge is -2.35. The lowest BCUT2D eigenvalue weighted by atomic mass is 9.90. The van der Waals surface area contributed by atoms with Crippen LogP contribution in [0.3, 0.4) is 0 Å². The van der Waals surface area contributed by atoms with Crippen molar-refractivity contribution >= 4 is 158 Å². The van der Waals surface area contributed by atoms with E-state index < -0.39 is 224 Å². The van der Waals surface area contributed by atoms with Gasteiger partial charge in [-0.3, -0.25) is 131 Å². The van der Waals surface area contributed by atoms with E-state index in [0.29, 0.717) is 17.5 Å². The number of nitrogens with one attached hydrogen (secondary N) is 16. The van der Waals surface area contributed by atoms with Gasteiger partial charge in [-0.25, -0.2) is 0 Å². The third-order valence-electron chi connectivity index (χ3n) is 25.2. The molecule has 27 N–H and O–H groups in total. The number of guanidine groups is 2. The predicted molar refractivity (Wildman–Crippen MR) is 547 cm³/mol. The molecule has 4 aromatic carbocycles. The number of anilines is 1. The minimum absolute atomic E-state index is 0.0197. The van der Waals surface area contributed by atoms with Crippen LogP contribution in [0.15, 0.2) is 91.0 Å². The smallest absolute Gasteiger partial charge is 0.320 e. The molecule has 816 valence electrons. The summed E-state index contributed by atoms with van der Waals surface area (Å²) in [6.07, 6.45) is 0.486. The Kier molecular flexibility index (Phi) is 51.5. The Balaban J connectivity index is 0.947. The second-order valence-corrected chi connectivity index (χ2v) is 38.1. The number of Topliss-reactive ketones (excluding diaryl/α,β-unsaturated/α-hetero) is 1. The number of likely N-dealkylation sites (tertiary alicyclic amines) is 1. The quantitative estimate of drug-likeness (QED) is 0.00882. The van der Waals surface area contributed by atoms with Gasteiger partial charge in [0.1, 0.15) is 54.1 Å². The number of aromatic hydroxyl groups is 1. The molecule has 3 heterocycles. The topological polar surface area (TPSA) is 756 Å². The zero-order valence-corrected chi connectivity index (χ0v) is 85.1. The van der Waals surface area contributed by atoms with E-state index in [9.17, 15) is 121 Å². The fourth-order valence-electron chi connectivity index (χ4n) is 17.0. The van der Waals surface area contributed by atoms with E-state index in [-0.39, 0.29) is 228 Å². The highest BCUT2D eigenvalue weighted by atomic mass is 32.2. The van der Waals surface area contributed by atoms with Crippen LogP contribution >= 0.6 is 11.8 Å². The van der Waals surface area contributed by atoms with Crippen molar-refractivity contribution in [2.75, 3.05) is 142 Å². The molecule has 149 heavy (non-hydrogen) atoms. The molecule has 3 saturated heterocycles. The number of amides is 15. The molecule has 3 unspecified atom stereocenters. The summed E-state index contributed by atoms with van der Waals surface area (Å²) < 4.78 is 0. The molecule has 3 aliphatic rings. The second kappa shape index (κ2) is 63.2. The molecule has 3 aliphatic heterocycles. The van der Waals surface area contributed by atoms with E-state index >= 15 is 0 Å². The summed E-state index contributed by atoms with van der Waals surface area (Å²) in [5.74, 6) is -17.8. The summed E-state index contributed by atoms with van der Waals surface area (Å²) in [7, 11) is 1.38. The maximum absolute atomic E-state index is 15.0. The lowest BCUT2D eigenvalue weighted by molar-refractivity contribution is -0.145. The van der Waals surface area contributed by atoms with Crippen molar-refractivity contribution in [1.82, 2.24) is 98.5 Å². The highest BCUT2D eigenvalue weighted by Gasteiger charge is 2.41. The Hall–Kier alpha value is -14.6. The van der Waals surface area contributed by atoms with Gasteiger partial charge in [0.2, 0.25) is 82.7 Å².